The number of aromatic nitrogens is 3. The number of methoxy groups -OCH3 is 2. The first kappa shape index (κ1) is 20.8. The minimum Gasteiger partial charge on any atom is -0.496 e. The van der Waals surface area contributed by atoms with Crippen molar-refractivity contribution in [1.29, 1.82) is 0 Å². The van der Waals surface area contributed by atoms with E-state index in [9.17, 15) is 4.79 Å². The molecule has 0 spiro atoms. The molecule has 1 unspecified atom stereocenters. The number of pyridine rings is 1. The molecule has 29 heavy (non-hydrogen) atoms. The Labute approximate surface area is 171 Å². The van der Waals surface area contributed by atoms with E-state index in [1.165, 1.54) is 7.11 Å². The van der Waals surface area contributed by atoms with Crippen LogP contribution in [0, 0.1) is 6.92 Å². The topological polar surface area (TPSA) is 66.2 Å². The summed E-state index contributed by atoms with van der Waals surface area (Å²) in [6.07, 6.45) is 4.39. The van der Waals surface area contributed by atoms with Gasteiger partial charge in [-0.25, -0.2) is 9.97 Å². The van der Waals surface area contributed by atoms with Crippen molar-refractivity contribution < 1.29 is 14.3 Å². The number of ether oxygens (including phenoxy) is 2. The highest BCUT2D eigenvalue weighted by molar-refractivity contribution is 5.78. The molecule has 0 fully saturated rings. The predicted octanol–water partition coefficient (Wildman–Crippen LogP) is 4.42. The zero-order valence-electron chi connectivity index (χ0n) is 17.9. The average Bonchev–Trinajstić information content (AvgIpc) is 3.08. The third-order valence-electron chi connectivity index (χ3n) is 5.32. The van der Waals surface area contributed by atoms with Crippen molar-refractivity contribution in [1.82, 2.24) is 14.5 Å². The summed E-state index contributed by atoms with van der Waals surface area (Å²) < 4.78 is 12.8. The van der Waals surface area contributed by atoms with Crippen LogP contribution in [0.1, 0.15) is 55.1 Å². The molecule has 1 atom stereocenters. The number of imidazole rings is 1. The molecule has 0 amide bonds. The second-order valence-electron chi connectivity index (χ2n) is 7.22. The van der Waals surface area contributed by atoms with Crippen LogP contribution in [0.4, 0.5) is 0 Å². The normalized spacial score (nSPS) is 12.2. The van der Waals surface area contributed by atoms with Gasteiger partial charge in [0.15, 0.2) is 5.65 Å². The van der Waals surface area contributed by atoms with Crippen LogP contribution in [-0.2, 0) is 22.5 Å². The standard InChI is InChI=1S/C23H29N3O3/c1-6-8-20-25-21-15(3)11-12-24-22(21)26(20)14-17-10-9-16(13-19(17)28-4)18(7-2)23(27)29-5/h9-13,18H,6-8,14H2,1-5H3. The molecule has 0 saturated heterocycles. The fourth-order valence-corrected chi connectivity index (χ4v) is 3.72. The zero-order chi connectivity index (χ0) is 21.0. The number of carbonyl (C=O) groups excluding carboxylic acids is 1. The lowest BCUT2D eigenvalue weighted by molar-refractivity contribution is -0.142. The Morgan fingerprint density at radius 2 is 2.00 bits per heavy atom. The van der Waals surface area contributed by atoms with Gasteiger partial charge in [0.1, 0.15) is 17.1 Å². The number of fused-ring (bicyclic) bond motifs is 1. The first-order chi connectivity index (χ1) is 14.0. The molecule has 2 aromatic heterocycles. The van der Waals surface area contributed by atoms with Gasteiger partial charge in [0.2, 0.25) is 0 Å². The SMILES string of the molecule is CCCc1nc2c(C)ccnc2n1Cc1ccc(C(CC)C(=O)OC)cc1OC. The monoisotopic (exact) mass is 395 g/mol. The van der Waals surface area contributed by atoms with E-state index in [1.54, 1.807) is 7.11 Å². The number of hydrogen-bond acceptors (Lipinski definition) is 5. The zero-order valence-corrected chi connectivity index (χ0v) is 17.9. The Bertz CT molecular complexity index is 1010. The summed E-state index contributed by atoms with van der Waals surface area (Å²) in [4.78, 5) is 21.5. The molecule has 0 radical (unpaired) electrons. The Morgan fingerprint density at radius 1 is 1.21 bits per heavy atom. The molecule has 1 aromatic carbocycles. The highest BCUT2D eigenvalue weighted by atomic mass is 16.5. The van der Waals surface area contributed by atoms with Crippen molar-refractivity contribution in [2.75, 3.05) is 14.2 Å². The minimum atomic E-state index is -0.294. The van der Waals surface area contributed by atoms with E-state index in [0.717, 1.165) is 52.3 Å². The summed E-state index contributed by atoms with van der Waals surface area (Å²) >= 11 is 0. The van der Waals surface area contributed by atoms with Gasteiger partial charge in [0.05, 0.1) is 26.7 Å². The number of carbonyl (C=O) groups is 1. The number of hydrogen-bond donors (Lipinski definition) is 0. The summed E-state index contributed by atoms with van der Waals surface area (Å²) in [7, 11) is 3.08. The van der Waals surface area contributed by atoms with Gasteiger partial charge in [-0.15, -0.1) is 0 Å². The summed E-state index contributed by atoms with van der Waals surface area (Å²) in [6, 6.07) is 7.94. The van der Waals surface area contributed by atoms with Crippen LogP contribution in [-0.4, -0.2) is 34.7 Å². The number of benzene rings is 1. The van der Waals surface area contributed by atoms with Gasteiger partial charge in [-0.1, -0.05) is 26.0 Å². The molecular formula is C23H29N3O3. The Kier molecular flexibility index (Phi) is 6.52. The molecule has 2 heterocycles. The van der Waals surface area contributed by atoms with Gasteiger partial charge in [-0.2, -0.15) is 0 Å². The van der Waals surface area contributed by atoms with Gasteiger partial charge in [0, 0.05) is 18.2 Å². The van der Waals surface area contributed by atoms with Crippen LogP contribution >= 0.6 is 0 Å². The van der Waals surface area contributed by atoms with Crippen molar-refractivity contribution in [3.8, 4) is 5.75 Å². The summed E-state index contributed by atoms with van der Waals surface area (Å²) in [5.74, 6) is 1.25. The largest absolute Gasteiger partial charge is 0.496 e. The van der Waals surface area contributed by atoms with Crippen LogP contribution in [0.15, 0.2) is 30.5 Å². The summed E-state index contributed by atoms with van der Waals surface area (Å²) in [6.45, 7) is 6.80. The van der Waals surface area contributed by atoms with Crippen LogP contribution in [0.25, 0.3) is 11.2 Å². The summed E-state index contributed by atoms with van der Waals surface area (Å²) in [5.41, 5.74) is 4.88. The minimum absolute atomic E-state index is 0.229. The van der Waals surface area contributed by atoms with E-state index < -0.39 is 0 Å². The van der Waals surface area contributed by atoms with Crippen LogP contribution in [0.2, 0.25) is 0 Å². The molecule has 0 aliphatic carbocycles. The molecule has 0 saturated carbocycles. The molecule has 0 aliphatic rings. The third-order valence-corrected chi connectivity index (χ3v) is 5.32. The lowest BCUT2D eigenvalue weighted by Gasteiger charge is -2.17. The van der Waals surface area contributed by atoms with Crippen molar-refractivity contribution in [3.05, 3.63) is 53.0 Å². The maximum Gasteiger partial charge on any atom is 0.313 e. The Hall–Kier alpha value is -2.89. The molecular weight excluding hydrogens is 366 g/mol. The fraction of sp³-hybridized carbons (Fsp3) is 0.435. The van der Waals surface area contributed by atoms with Crippen LogP contribution in [0.3, 0.4) is 0 Å². The molecule has 0 aliphatic heterocycles. The highest BCUT2D eigenvalue weighted by Crippen LogP contribution is 2.29. The molecule has 0 N–H and O–H groups in total. The van der Waals surface area contributed by atoms with Gasteiger partial charge in [-0.3, -0.25) is 4.79 Å². The first-order valence-electron chi connectivity index (χ1n) is 10.1. The smallest absolute Gasteiger partial charge is 0.313 e. The van der Waals surface area contributed by atoms with E-state index in [0.29, 0.717) is 13.0 Å². The van der Waals surface area contributed by atoms with Crippen LogP contribution in [0.5, 0.6) is 5.75 Å². The number of esters is 1. The number of aryl methyl sites for hydroxylation is 2. The van der Waals surface area contributed by atoms with E-state index in [1.807, 2.05) is 37.4 Å². The molecule has 0 bridgehead atoms. The maximum atomic E-state index is 12.1. The summed E-state index contributed by atoms with van der Waals surface area (Å²) in [5, 5.41) is 0. The van der Waals surface area contributed by atoms with Gasteiger partial charge < -0.3 is 14.0 Å². The third kappa shape index (κ3) is 4.11. The molecule has 6 nitrogen and oxygen atoms in total. The molecule has 154 valence electrons. The molecule has 3 aromatic rings. The Balaban J connectivity index is 2.03. The number of rotatable bonds is 8. The van der Waals surface area contributed by atoms with Crippen molar-refractivity contribution >= 4 is 17.1 Å². The molecule has 3 rings (SSSR count). The predicted molar refractivity (Wildman–Crippen MR) is 113 cm³/mol. The maximum absolute atomic E-state index is 12.1. The van der Waals surface area contributed by atoms with Crippen molar-refractivity contribution in [3.63, 3.8) is 0 Å². The van der Waals surface area contributed by atoms with Crippen LogP contribution < -0.4 is 4.74 Å². The van der Waals surface area contributed by atoms with E-state index in [-0.39, 0.29) is 11.9 Å². The second kappa shape index (κ2) is 9.07. The Morgan fingerprint density at radius 3 is 2.66 bits per heavy atom. The quantitative estimate of drug-likeness (QED) is 0.528. The number of nitrogens with zero attached hydrogens (tertiary/aromatic N) is 3. The fourth-order valence-electron chi connectivity index (χ4n) is 3.72. The van der Waals surface area contributed by atoms with Gasteiger partial charge in [-0.05, 0) is 43.0 Å². The van der Waals surface area contributed by atoms with Gasteiger partial charge >= 0.3 is 5.97 Å². The highest BCUT2D eigenvalue weighted by Gasteiger charge is 2.21. The lowest BCUT2D eigenvalue weighted by atomic mass is 9.95. The van der Waals surface area contributed by atoms with Gasteiger partial charge in [0.25, 0.3) is 0 Å². The average molecular weight is 396 g/mol. The molecule has 6 heteroatoms. The van der Waals surface area contributed by atoms with Crippen molar-refractivity contribution in [2.24, 2.45) is 0 Å². The van der Waals surface area contributed by atoms with E-state index >= 15 is 0 Å². The van der Waals surface area contributed by atoms with Crippen molar-refractivity contribution in [2.45, 2.75) is 52.5 Å². The lowest BCUT2D eigenvalue weighted by Crippen LogP contribution is -2.14. The van der Waals surface area contributed by atoms with E-state index in [4.69, 9.17) is 14.5 Å². The first-order valence-corrected chi connectivity index (χ1v) is 10.1. The second-order valence-corrected chi connectivity index (χ2v) is 7.22. The van der Waals surface area contributed by atoms with E-state index in [2.05, 4.69) is 23.4 Å².